The van der Waals surface area contributed by atoms with Gasteiger partial charge in [0.25, 0.3) is 0 Å². The first-order chi connectivity index (χ1) is 9.38. The third-order valence-corrected chi connectivity index (χ3v) is 3.10. The number of nitrogens with one attached hydrogen (secondary N) is 1. The Morgan fingerprint density at radius 3 is 2.55 bits per heavy atom. The predicted octanol–water partition coefficient (Wildman–Crippen LogP) is 2.40. The maximum Gasteiger partial charge on any atom is 0.308 e. The van der Waals surface area contributed by atoms with E-state index in [2.05, 4.69) is 5.32 Å². The van der Waals surface area contributed by atoms with Crippen LogP contribution >= 0.6 is 0 Å². The van der Waals surface area contributed by atoms with Gasteiger partial charge in [-0.2, -0.15) is 0 Å². The number of carbonyl (C=O) groups is 2. The monoisotopic (exact) mass is 277 g/mol. The first-order valence-corrected chi connectivity index (χ1v) is 6.93. The molecule has 0 spiro atoms. The fourth-order valence-corrected chi connectivity index (χ4v) is 2.15. The summed E-state index contributed by atoms with van der Waals surface area (Å²) in [7, 11) is 0. The molecule has 1 rings (SSSR count). The molecule has 0 saturated heterocycles. The van der Waals surface area contributed by atoms with Gasteiger partial charge in [-0.05, 0) is 24.8 Å². The van der Waals surface area contributed by atoms with Crippen molar-refractivity contribution in [1.82, 2.24) is 5.32 Å². The van der Waals surface area contributed by atoms with E-state index in [9.17, 15) is 9.59 Å². The average Bonchev–Trinajstić information content (AvgIpc) is 2.33. The Morgan fingerprint density at radius 1 is 1.30 bits per heavy atom. The zero-order valence-electron chi connectivity index (χ0n) is 12.3. The first-order valence-electron chi connectivity index (χ1n) is 6.93. The van der Waals surface area contributed by atoms with Crippen molar-refractivity contribution in [2.45, 2.75) is 33.6 Å². The molecule has 1 aromatic carbocycles. The number of rotatable bonds is 7. The Labute approximate surface area is 120 Å². The van der Waals surface area contributed by atoms with Crippen molar-refractivity contribution >= 4 is 11.9 Å². The molecule has 1 unspecified atom stereocenters. The lowest BCUT2D eigenvalue weighted by Gasteiger charge is -2.15. The summed E-state index contributed by atoms with van der Waals surface area (Å²) in [6.45, 7) is 6.12. The number of carboxylic acid groups (broad SMARTS) is 1. The molecule has 0 bridgehead atoms. The first kappa shape index (κ1) is 16.2. The standard InChI is InChI=1S/C16H23NO3/c1-11(2)7-14(16(19)20)10-17-15(18)9-13-6-4-5-12(3)8-13/h4-6,8,11,14H,7,9-10H2,1-3H3,(H,17,18)(H,19,20). The second kappa shape index (κ2) is 7.68. The fraction of sp³-hybridized carbons (Fsp3) is 0.500. The van der Waals surface area contributed by atoms with E-state index in [-0.39, 0.29) is 18.9 Å². The van der Waals surface area contributed by atoms with Gasteiger partial charge in [0.2, 0.25) is 5.91 Å². The summed E-state index contributed by atoms with van der Waals surface area (Å²) >= 11 is 0. The third-order valence-electron chi connectivity index (χ3n) is 3.10. The van der Waals surface area contributed by atoms with Gasteiger partial charge in [-0.3, -0.25) is 9.59 Å². The van der Waals surface area contributed by atoms with Crippen LogP contribution in [0.4, 0.5) is 0 Å². The number of hydrogen-bond acceptors (Lipinski definition) is 2. The lowest BCUT2D eigenvalue weighted by molar-refractivity contribution is -0.142. The fourth-order valence-electron chi connectivity index (χ4n) is 2.15. The van der Waals surface area contributed by atoms with Crippen LogP contribution in [0.1, 0.15) is 31.4 Å². The molecular weight excluding hydrogens is 254 g/mol. The van der Waals surface area contributed by atoms with Gasteiger partial charge < -0.3 is 10.4 Å². The van der Waals surface area contributed by atoms with Gasteiger partial charge in [0.1, 0.15) is 0 Å². The minimum absolute atomic E-state index is 0.134. The van der Waals surface area contributed by atoms with Gasteiger partial charge in [-0.25, -0.2) is 0 Å². The molecule has 4 nitrogen and oxygen atoms in total. The van der Waals surface area contributed by atoms with E-state index in [1.54, 1.807) is 0 Å². The maximum atomic E-state index is 11.8. The van der Waals surface area contributed by atoms with Gasteiger partial charge in [-0.1, -0.05) is 43.7 Å². The number of aryl methyl sites for hydroxylation is 1. The summed E-state index contributed by atoms with van der Waals surface area (Å²) in [6.07, 6.45) is 0.857. The van der Waals surface area contributed by atoms with E-state index in [4.69, 9.17) is 5.11 Å². The Balaban J connectivity index is 2.47. The van der Waals surface area contributed by atoms with Crippen LogP contribution in [0.3, 0.4) is 0 Å². The summed E-state index contributed by atoms with van der Waals surface area (Å²) in [5, 5.41) is 11.8. The highest BCUT2D eigenvalue weighted by Gasteiger charge is 2.19. The Hall–Kier alpha value is -1.84. The van der Waals surface area contributed by atoms with Crippen LogP contribution in [-0.4, -0.2) is 23.5 Å². The lowest BCUT2D eigenvalue weighted by Crippen LogP contribution is -2.34. The second-order valence-electron chi connectivity index (χ2n) is 5.63. The molecule has 1 atom stereocenters. The zero-order valence-corrected chi connectivity index (χ0v) is 12.3. The van der Waals surface area contributed by atoms with Crippen molar-refractivity contribution in [3.63, 3.8) is 0 Å². The Kier molecular flexibility index (Phi) is 6.22. The van der Waals surface area contributed by atoms with Gasteiger partial charge in [-0.15, -0.1) is 0 Å². The predicted molar refractivity (Wildman–Crippen MR) is 78.5 cm³/mol. The number of aliphatic carboxylic acids is 1. The smallest absolute Gasteiger partial charge is 0.308 e. The number of carboxylic acids is 1. The van der Waals surface area contributed by atoms with Crippen LogP contribution in [0, 0.1) is 18.8 Å². The zero-order chi connectivity index (χ0) is 15.1. The van der Waals surface area contributed by atoms with Crippen molar-refractivity contribution in [1.29, 1.82) is 0 Å². The van der Waals surface area contributed by atoms with Crippen LogP contribution in [0.5, 0.6) is 0 Å². The van der Waals surface area contributed by atoms with Crippen LogP contribution < -0.4 is 5.32 Å². The van der Waals surface area contributed by atoms with Gasteiger partial charge in [0.05, 0.1) is 12.3 Å². The molecule has 0 aliphatic rings. The molecule has 0 fully saturated rings. The third kappa shape index (κ3) is 5.87. The van der Waals surface area contributed by atoms with Crippen LogP contribution in [0.15, 0.2) is 24.3 Å². The van der Waals surface area contributed by atoms with Gasteiger partial charge >= 0.3 is 5.97 Å². The highest BCUT2D eigenvalue weighted by molar-refractivity contribution is 5.79. The van der Waals surface area contributed by atoms with Crippen LogP contribution in [-0.2, 0) is 16.0 Å². The lowest BCUT2D eigenvalue weighted by atomic mass is 9.97. The van der Waals surface area contributed by atoms with Crippen molar-refractivity contribution in [3.8, 4) is 0 Å². The molecule has 110 valence electrons. The second-order valence-corrected chi connectivity index (χ2v) is 5.63. The molecule has 1 aromatic rings. The van der Waals surface area contributed by atoms with Crippen LogP contribution in [0.25, 0.3) is 0 Å². The van der Waals surface area contributed by atoms with E-state index >= 15 is 0 Å². The average molecular weight is 277 g/mol. The number of hydrogen-bond donors (Lipinski definition) is 2. The van der Waals surface area contributed by atoms with Gasteiger partial charge in [0, 0.05) is 6.54 Å². The van der Waals surface area contributed by atoms with E-state index in [0.717, 1.165) is 11.1 Å². The minimum Gasteiger partial charge on any atom is -0.481 e. The summed E-state index contributed by atoms with van der Waals surface area (Å²) in [5.74, 6) is -1.21. The Bertz CT molecular complexity index is 469. The highest BCUT2D eigenvalue weighted by atomic mass is 16.4. The van der Waals surface area contributed by atoms with E-state index < -0.39 is 11.9 Å². The topological polar surface area (TPSA) is 66.4 Å². The SMILES string of the molecule is Cc1cccc(CC(=O)NCC(CC(C)C)C(=O)O)c1. The van der Waals surface area contributed by atoms with E-state index in [1.165, 1.54) is 0 Å². The summed E-state index contributed by atoms with van der Waals surface area (Å²) in [5.41, 5.74) is 2.05. The summed E-state index contributed by atoms with van der Waals surface area (Å²) in [6, 6.07) is 7.75. The van der Waals surface area contributed by atoms with Crippen molar-refractivity contribution in [3.05, 3.63) is 35.4 Å². The normalized spacial score (nSPS) is 12.2. The largest absolute Gasteiger partial charge is 0.481 e. The molecule has 1 amide bonds. The summed E-state index contributed by atoms with van der Waals surface area (Å²) < 4.78 is 0. The summed E-state index contributed by atoms with van der Waals surface area (Å²) in [4.78, 5) is 22.9. The van der Waals surface area contributed by atoms with Crippen LogP contribution in [0.2, 0.25) is 0 Å². The highest BCUT2D eigenvalue weighted by Crippen LogP contribution is 2.11. The van der Waals surface area contributed by atoms with Crippen molar-refractivity contribution in [2.75, 3.05) is 6.54 Å². The number of benzene rings is 1. The van der Waals surface area contributed by atoms with E-state index in [0.29, 0.717) is 12.3 Å². The molecule has 20 heavy (non-hydrogen) atoms. The van der Waals surface area contributed by atoms with Crippen molar-refractivity contribution in [2.24, 2.45) is 11.8 Å². The molecule has 0 heterocycles. The maximum absolute atomic E-state index is 11.8. The minimum atomic E-state index is -0.852. The molecule has 2 N–H and O–H groups in total. The number of carbonyl (C=O) groups excluding carboxylic acids is 1. The molecule has 0 aromatic heterocycles. The number of amides is 1. The quantitative estimate of drug-likeness (QED) is 0.804. The molecule has 4 heteroatoms. The van der Waals surface area contributed by atoms with Gasteiger partial charge in [0.15, 0.2) is 0 Å². The van der Waals surface area contributed by atoms with E-state index in [1.807, 2.05) is 45.0 Å². The molecular formula is C16H23NO3. The molecule has 0 radical (unpaired) electrons. The Morgan fingerprint density at radius 2 is 2.00 bits per heavy atom. The molecule has 0 aliphatic carbocycles. The molecule has 0 aliphatic heterocycles. The van der Waals surface area contributed by atoms with Crippen molar-refractivity contribution < 1.29 is 14.7 Å². The molecule has 0 saturated carbocycles.